The Morgan fingerprint density at radius 2 is 1.79 bits per heavy atom. The maximum Gasteiger partial charge on any atom is 0.242 e. The molecule has 0 saturated carbocycles. The molecular formula is C20H24F2N2O4S. The highest BCUT2D eigenvalue weighted by atomic mass is 32.2. The summed E-state index contributed by atoms with van der Waals surface area (Å²) in [7, 11) is -0.728. The predicted molar refractivity (Wildman–Crippen MR) is 105 cm³/mol. The molecule has 1 N–H and O–H groups in total. The van der Waals surface area contributed by atoms with Crippen molar-refractivity contribution in [2.75, 3.05) is 20.7 Å². The molecule has 2 aromatic rings. The van der Waals surface area contributed by atoms with Gasteiger partial charge in [0.15, 0.2) is 11.6 Å². The van der Waals surface area contributed by atoms with Gasteiger partial charge in [-0.15, -0.1) is 0 Å². The molecular weight excluding hydrogens is 402 g/mol. The molecule has 29 heavy (non-hydrogen) atoms. The fourth-order valence-corrected chi connectivity index (χ4v) is 3.90. The van der Waals surface area contributed by atoms with Crippen molar-refractivity contribution in [3.8, 4) is 5.75 Å². The monoisotopic (exact) mass is 426 g/mol. The van der Waals surface area contributed by atoms with Crippen molar-refractivity contribution >= 4 is 15.9 Å². The summed E-state index contributed by atoms with van der Waals surface area (Å²) in [5.74, 6) is -1.68. The molecule has 0 bridgehead atoms. The standard InChI is InChI=1S/C20H24F2N2O4S/c1-14(15-6-11-18(21)19(22)13-15)23-20(25)5-4-12-24(2)29(26,27)17-9-7-16(28-3)8-10-17/h6-11,13-14H,4-5,12H2,1-3H3,(H,23,25). The Morgan fingerprint density at radius 1 is 1.14 bits per heavy atom. The number of carbonyl (C=O) groups is 1. The second-order valence-corrected chi connectivity index (χ2v) is 8.61. The third-order valence-corrected chi connectivity index (χ3v) is 6.34. The highest BCUT2D eigenvalue weighted by Crippen LogP contribution is 2.19. The second kappa shape index (κ2) is 9.80. The van der Waals surface area contributed by atoms with Crippen LogP contribution in [0.25, 0.3) is 0 Å². The van der Waals surface area contributed by atoms with E-state index < -0.39 is 27.7 Å². The Balaban J connectivity index is 1.85. The molecule has 1 amide bonds. The van der Waals surface area contributed by atoms with E-state index in [0.717, 1.165) is 12.1 Å². The predicted octanol–water partition coefficient (Wildman–Crippen LogP) is 3.25. The Morgan fingerprint density at radius 3 is 2.38 bits per heavy atom. The van der Waals surface area contributed by atoms with Gasteiger partial charge in [0.25, 0.3) is 0 Å². The summed E-state index contributed by atoms with van der Waals surface area (Å²) in [5.41, 5.74) is 0.441. The molecule has 0 aliphatic rings. The van der Waals surface area contributed by atoms with Crippen LogP contribution in [0, 0.1) is 11.6 Å². The Hall–Kier alpha value is -2.52. The number of sulfonamides is 1. The quantitative estimate of drug-likeness (QED) is 0.668. The first kappa shape index (κ1) is 22.8. The molecule has 0 heterocycles. The van der Waals surface area contributed by atoms with Crippen molar-refractivity contribution in [1.82, 2.24) is 9.62 Å². The van der Waals surface area contributed by atoms with Crippen LogP contribution in [0.5, 0.6) is 5.75 Å². The molecule has 6 nitrogen and oxygen atoms in total. The van der Waals surface area contributed by atoms with Gasteiger partial charge in [0.05, 0.1) is 18.0 Å². The van der Waals surface area contributed by atoms with Crippen molar-refractivity contribution in [2.45, 2.75) is 30.7 Å². The molecule has 2 aromatic carbocycles. The number of methoxy groups -OCH3 is 1. The first-order valence-corrected chi connectivity index (χ1v) is 10.4. The summed E-state index contributed by atoms with van der Waals surface area (Å²) >= 11 is 0. The number of hydrogen-bond acceptors (Lipinski definition) is 4. The number of ether oxygens (including phenoxy) is 1. The minimum atomic E-state index is -3.67. The minimum Gasteiger partial charge on any atom is -0.497 e. The van der Waals surface area contributed by atoms with Crippen LogP contribution < -0.4 is 10.1 Å². The van der Waals surface area contributed by atoms with Crippen molar-refractivity contribution < 1.29 is 26.7 Å². The lowest BCUT2D eigenvalue weighted by Gasteiger charge is -2.18. The number of carbonyl (C=O) groups excluding carboxylic acids is 1. The summed E-state index contributed by atoms with van der Waals surface area (Å²) in [6.07, 6.45) is 0.401. The lowest BCUT2D eigenvalue weighted by Crippen LogP contribution is -2.30. The van der Waals surface area contributed by atoms with E-state index >= 15 is 0 Å². The van der Waals surface area contributed by atoms with E-state index in [2.05, 4.69) is 5.32 Å². The van der Waals surface area contributed by atoms with Gasteiger partial charge < -0.3 is 10.1 Å². The molecule has 1 unspecified atom stereocenters. The molecule has 2 rings (SSSR count). The van der Waals surface area contributed by atoms with Gasteiger partial charge in [-0.2, -0.15) is 0 Å². The van der Waals surface area contributed by atoms with Crippen LogP contribution in [-0.2, 0) is 14.8 Å². The Bertz CT molecular complexity index is 949. The van der Waals surface area contributed by atoms with Gasteiger partial charge in [0.2, 0.25) is 15.9 Å². The maximum absolute atomic E-state index is 13.3. The molecule has 1 atom stereocenters. The van der Waals surface area contributed by atoms with Gasteiger partial charge in [-0.3, -0.25) is 4.79 Å². The zero-order valence-corrected chi connectivity index (χ0v) is 17.3. The molecule has 0 aromatic heterocycles. The van der Waals surface area contributed by atoms with Crippen LogP contribution in [0.2, 0.25) is 0 Å². The maximum atomic E-state index is 13.3. The molecule has 0 spiro atoms. The lowest BCUT2D eigenvalue weighted by atomic mass is 10.1. The van der Waals surface area contributed by atoms with Crippen LogP contribution in [0.1, 0.15) is 31.4 Å². The van der Waals surface area contributed by atoms with E-state index in [9.17, 15) is 22.0 Å². The number of rotatable bonds is 9. The van der Waals surface area contributed by atoms with E-state index in [0.29, 0.717) is 17.7 Å². The molecule has 0 aliphatic carbocycles. The number of benzene rings is 2. The van der Waals surface area contributed by atoms with Crippen molar-refractivity contribution in [3.05, 3.63) is 59.7 Å². The topological polar surface area (TPSA) is 75.7 Å². The van der Waals surface area contributed by atoms with Crippen molar-refractivity contribution in [3.63, 3.8) is 0 Å². The van der Waals surface area contributed by atoms with Gasteiger partial charge >= 0.3 is 0 Å². The summed E-state index contributed by atoms with van der Waals surface area (Å²) in [4.78, 5) is 12.2. The van der Waals surface area contributed by atoms with Gasteiger partial charge in [0, 0.05) is 20.0 Å². The molecule has 0 radical (unpaired) electrons. The smallest absolute Gasteiger partial charge is 0.242 e. The summed E-state index contributed by atoms with van der Waals surface area (Å²) in [6, 6.07) is 8.99. The normalized spacial score (nSPS) is 12.6. The summed E-state index contributed by atoms with van der Waals surface area (Å²) < 4.78 is 57.6. The van der Waals surface area contributed by atoms with E-state index in [-0.39, 0.29) is 23.8 Å². The highest BCUT2D eigenvalue weighted by molar-refractivity contribution is 7.89. The van der Waals surface area contributed by atoms with E-state index in [1.807, 2.05) is 0 Å². The first-order valence-electron chi connectivity index (χ1n) is 9.00. The molecule has 158 valence electrons. The number of nitrogens with zero attached hydrogens (tertiary/aromatic N) is 1. The SMILES string of the molecule is COc1ccc(S(=O)(=O)N(C)CCCC(=O)NC(C)c2ccc(F)c(F)c2)cc1. The lowest BCUT2D eigenvalue weighted by molar-refractivity contribution is -0.121. The molecule has 0 aliphatic heterocycles. The average molecular weight is 426 g/mol. The van der Waals surface area contributed by atoms with Gasteiger partial charge in [-0.1, -0.05) is 6.07 Å². The van der Waals surface area contributed by atoms with Crippen LogP contribution >= 0.6 is 0 Å². The number of amides is 1. The number of nitrogens with one attached hydrogen (secondary N) is 1. The third kappa shape index (κ3) is 5.98. The molecule has 0 saturated heterocycles. The van der Waals surface area contributed by atoms with E-state index in [1.54, 1.807) is 19.1 Å². The number of hydrogen-bond donors (Lipinski definition) is 1. The largest absolute Gasteiger partial charge is 0.497 e. The minimum absolute atomic E-state index is 0.0937. The first-order chi connectivity index (χ1) is 13.6. The summed E-state index contributed by atoms with van der Waals surface area (Å²) in [5, 5.41) is 2.69. The van der Waals surface area contributed by atoms with Gasteiger partial charge in [0.1, 0.15) is 5.75 Å². The Labute approximate surface area is 169 Å². The van der Waals surface area contributed by atoms with Crippen LogP contribution in [0.3, 0.4) is 0 Å². The second-order valence-electron chi connectivity index (χ2n) is 6.57. The van der Waals surface area contributed by atoms with E-state index in [1.165, 1.54) is 36.7 Å². The van der Waals surface area contributed by atoms with Crippen LogP contribution in [-0.4, -0.2) is 39.3 Å². The highest BCUT2D eigenvalue weighted by Gasteiger charge is 2.21. The zero-order valence-electron chi connectivity index (χ0n) is 16.5. The average Bonchev–Trinajstić information content (AvgIpc) is 2.69. The number of halogens is 2. The molecule has 0 fully saturated rings. The van der Waals surface area contributed by atoms with E-state index in [4.69, 9.17) is 4.74 Å². The van der Waals surface area contributed by atoms with Crippen molar-refractivity contribution in [2.24, 2.45) is 0 Å². The fraction of sp³-hybridized carbons (Fsp3) is 0.350. The van der Waals surface area contributed by atoms with Gasteiger partial charge in [-0.05, 0) is 55.3 Å². The van der Waals surface area contributed by atoms with Crippen molar-refractivity contribution in [1.29, 1.82) is 0 Å². The zero-order chi connectivity index (χ0) is 21.6. The fourth-order valence-electron chi connectivity index (χ4n) is 2.69. The third-order valence-electron chi connectivity index (χ3n) is 4.47. The Kier molecular flexibility index (Phi) is 7.69. The summed E-state index contributed by atoms with van der Waals surface area (Å²) in [6.45, 7) is 1.81. The van der Waals surface area contributed by atoms with Gasteiger partial charge in [-0.25, -0.2) is 21.5 Å². The van der Waals surface area contributed by atoms with Crippen LogP contribution in [0.4, 0.5) is 8.78 Å². The van der Waals surface area contributed by atoms with Crippen LogP contribution in [0.15, 0.2) is 47.4 Å². The molecule has 9 heteroatoms.